The zero-order chi connectivity index (χ0) is 16.8. The van der Waals surface area contributed by atoms with Crippen LogP contribution in [0.5, 0.6) is 0 Å². The molecule has 2 aliphatic rings. The van der Waals surface area contributed by atoms with Gasteiger partial charge in [0.25, 0.3) is 0 Å². The van der Waals surface area contributed by atoms with E-state index < -0.39 is 0 Å². The van der Waals surface area contributed by atoms with Crippen molar-refractivity contribution in [2.45, 2.75) is 57.4 Å². The lowest BCUT2D eigenvalue weighted by Gasteiger charge is -2.25. The number of anilines is 1. The van der Waals surface area contributed by atoms with E-state index in [1.165, 1.54) is 19.3 Å². The lowest BCUT2D eigenvalue weighted by Crippen LogP contribution is -2.37. The van der Waals surface area contributed by atoms with Crippen LogP contribution in [-0.4, -0.2) is 36.0 Å². The molecular formula is C19H27N3O2. The molecule has 1 aliphatic heterocycles. The van der Waals surface area contributed by atoms with Crippen LogP contribution in [0.3, 0.4) is 0 Å². The summed E-state index contributed by atoms with van der Waals surface area (Å²) in [7, 11) is 0. The first kappa shape index (κ1) is 16.8. The maximum absolute atomic E-state index is 12.4. The molecule has 0 spiro atoms. The molecule has 0 atom stereocenters. The summed E-state index contributed by atoms with van der Waals surface area (Å²) < 4.78 is 0. The average molecular weight is 329 g/mol. The van der Waals surface area contributed by atoms with E-state index in [0.29, 0.717) is 12.5 Å². The van der Waals surface area contributed by atoms with Crippen molar-refractivity contribution in [3.8, 4) is 0 Å². The van der Waals surface area contributed by atoms with Crippen molar-refractivity contribution < 1.29 is 9.59 Å². The van der Waals surface area contributed by atoms with E-state index >= 15 is 0 Å². The quantitative estimate of drug-likeness (QED) is 0.890. The molecule has 0 bridgehead atoms. The summed E-state index contributed by atoms with van der Waals surface area (Å²) in [5.74, 6) is 0.0786. The van der Waals surface area contributed by atoms with Crippen molar-refractivity contribution in [1.82, 2.24) is 10.2 Å². The maximum atomic E-state index is 12.4. The summed E-state index contributed by atoms with van der Waals surface area (Å²) in [6.07, 6.45) is 8.48. The Morgan fingerprint density at radius 1 is 0.958 bits per heavy atom. The smallest absolute Gasteiger partial charge is 0.321 e. The highest BCUT2D eigenvalue weighted by atomic mass is 16.2. The van der Waals surface area contributed by atoms with Crippen molar-refractivity contribution in [1.29, 1.82) is 0 Å². The number of likely N-dealkylation sites (tertiary alicyclic amines) is 1. The van der Waals surface area contributed by atoms with Gasteiger partial charge in [0.15, 0.2) is 0 Å². The predicted octanol–water partition coefficient (Wildman–Crippen LogP) is 3.31. The highest BCUT2D eigenvalue weighted by Crippen LogP contribution is 2.19. The van der Waals surface area contributed by atoms with Crippen LogP contribution in [0.25, 0.3) is 0 Å². The number of amides is 3. The largest absolute Gasteiger partial charge is 0.353 e. The molecule has 2 fully saturated rings. The van der Waals surface area contributed by atoms with Gasteiger partial charge in [-0.15, -0.1) is 0 Å². The summed E-state index contributed by atoms with van der Waals surface area (Å²) in [5, 5.41) is 5.96. The molecule has 130 valence electrons. The fraction of sp³-hybridized carbons (Fsp3) is 0.579. The molecule has 1 aromatic carbocycles. The second kappa shape index (κ2) is 8.18. The van der Waals surface area contributed by atoms with Gasteiger partial charge in [0.2, 0.25) is 5.91 Å². The minimum atomic E-state index is -0.0175. The van der Waals surface area contributed by atoms with E-state index in [-0.39, 0.29) is 11.9 Å². The van der Waals surface area contributed by atoms with Gasteiger partial charge in [-0.3, -0.25) is 4.79 Å². The Balaban J connectivity index is 1.49. The predicted molar refractivity (Wildman–Crippen MR) is 95.0 cm³/mol. The molecule has 5 heteroatoms. The molecule has 1 aliphatic carbocycles. The van der Waals surface area contributed by atoms with Gasteiger partial charge in [-0.2, -0.15) is 0 Å². The van der Waals surface area contributed by atoms with Gasteiger partial charge in [-0.05, 0) is 43.4 Å². The second-order valence-corrected chi connectivity index (χ2v) is 6.90. The van der Waals surface area contributed by atoms with Gasteiger partial charge in [-0.1, -0.05) is 31.4 Å². The van der Waals surface area contributed by atoms with Gasteiger partial charge < -0.3 is 15.5 Å². The Hall–Kier alpha value is -2.04. The van der Waals surface area contributed by atoms with E-state index in [0.717, 1.165) is 50.0 Å². The number of hydrogen-bond acceptors (Lipinski definition) is 2. The second-order valence-electron chi connectivity index (χ2n) is 6.90. The van der Waals surface area contributed by atoms with E-state index in [4.69, 9.17) is 0 Å². The van der Waals surface area contributed by atoms with Crippen molar-refractivity contribution in [3.63, 3.8) is 0 Å². The molecule has 2 N–H and O–H groups in total. The lowest BCUT2D eigenvalue weighted by atomic mass is 10.1. The summed E-state index contributed by atoms with van der Waals surface area (Å²) in [6.45, 7) is 1.68. The number of benzene rings is 1. The normalized spacial score (nSPS) is 18.4. The molecule has 24 heavy (non-hydrogen) atoms. The molecule has 0 unspecified atom stereocenters. The van der Waals surface area contributed by atoms with Gasteiger partial charge in [0.1, 0.15) is 0 Å². The molecule has 1 saturated heterocycles. The van der Waals surface area contributed by atoms with Gasteiger partial charge >= 0.3 is 6.03 Å². The van der Waals surface area contributed by atoms with Crippen LogP contribution in [0.2, 0.25) is 0 Å². The molecule has 0 aromatic heterocycles. The standard InChI is InChI=1S/C19H27N3O2/c23-18(20-16-10-11-16)14-15-6-8-17(9-7-15)21-19(24)22-12-4-2-1-3-5-13-22/h6-9,16H,1-5,10-14H2,(H,20,23)(H,21,24). The molecule has 3 amide bonds. The molecular weight excluding hydrogens is 302 g/mol. The van der Waals surface area contributed by atoms with Crippen molar-refractivity contribution in [2.75, 3.05) is 18.4 Å². The maximum Gasteiger partial charge on any atom is 0.321 e. The zero-order valence-electron chi connectivity index (χ0n) is 14.2. The number of urea groups is 1. The summed E-state index contributed by atoms with van der Waals surface area (Å²) >= 11 is 0. The molecule has 3 rings (SSSR count). The third-order valence-electron chi connectivity index (χ3n) is 4.66. The number of hydrogen-bond donors (Lipinski definition) is 2. The molecule has 0 radical (unpaired) electrons. The molecule has 5 nitrogen and oxygen atoms in total. The highest BCUT2D eigenvalue weighted by Gasteiger charge is 2.23. The average Bonchev–Trinajstić information content (AvgIpc) is 3.32. The summed E-state index contributed by atoms with van der Waals surface area (Å²) in [6, 6.07) is 7.96. The third-order valence-corrected chi connectivity index (χ3v) is 4.66. The first-order valence-corrected chi connectivity index (χ1v) is 9.15. The first-order valence-electron chi connectivity index (χ1n) is 9.15. The Kier molecular flexibility index (Phi) is 5.72. The van der Waals surface area contributed by atoms with E-state index in [9.17, 15) is 9.59 Å². The fourth-order valence-electron chi connectivity index (χ4n) is 3.05. The van der Waals surface area contributed by atoms with Crippen molar-refractivity contribution in [2.24, 2.45) is 0 Å². The summed E-state index contributed by atoms with van der Waals surface area (Å²) in [4.78, 5) is 26.1. The van der Waals surface area contributed by atoms with Crippen LogP contribution in [0.1, 0.15) is 50.5 Å². The van der Waals surface area contributed by atoms with Gasteiger partial charge in [-0.25, -0.2) is 4.79 Å². The van der Waals surface area contributed by atoms with E-state index in [1.807, 2.05) is 29.2 Å². The third kappa shape index (κ3) is 5.25. The molecule has 1 heterocycles. The Labute approximate surface area is 143 Å². The van der Waals surface area contributed by atoms with E-state index in [2.05, 4.69) is 10.6 Å². The number of carbonyl (C=O) groups is 2. The summed E-state index contributed by atoms with van der Waals surface area (Å²) in [5.41, 5.74) is 1.76. The number of carbonyl (C=O) groups excluding carboxylic acids is 2. The zero-order valence-corrected chi connectivity index (χ0v) is 14.2. The monoisotopic (exact) mass is 329 g/mol. The Morgan fingerprint density at radius 2 is 1.58 bits per heavy atom. The number of nitrogens with zero attached hydrogens (tertiary/aromatic N) is 1. The van der Waals surface area contributed by atoms with Crippen LogP contribution < -0.4 is 10.6 Å². The molecule has 1 aromatic rings. The number of rotatable bonds is 4. The van der Waals surface area contributed by atoms with Gasteiger partial charge in [0.05, 0.1) is 6.42 Å². The van der Waals surface area contributed by atoms with Gasteiger partial charge in [0, 0.05) is 24.8 Å². The van der Waals surface area contributed by atoms with Crippen LogP contribution in [0.4, 0.5) is 10.5 Å². The number of nitrogens with one attached hydrogen (secondary N) is 2. The minimum absolute atomic E-state index is 0.0175. The van der Waals surface area contributed by atoms with Crippen LogP contribution in [0, 0.1) is 0 Å². The SMILES string of the molecule is O=C(Cc1ccc(NC(=O)N2CCCCCCC2)cc1)NC1CC1. The van der Waals surface area contributed by atoms with Crippen LogP contribution >= 0.6 is 0 Å². The fourth-order valence-corrected chi connectivity index (χ4v) is 3.05. The topological polar surface area (TPSA) is 61.4 Å². The van der Waals surface area contributed by atoms with Crippen molar-refractivity contribution in [3.05, 3.63) is 29.8 Å². The lowest BCUT2D eigenvalue weighted by molar-refractivity contribution is -0.120. The first-order chi connectivity index (χ1) is 11.7. The van der Waals surface area contributed by atoms with Crippen LogP contribution in [0.15, 0.2) is 24.3 Å². The minimum Gasteiger partial charge on any atom is -0.353 e. The highest BCUT2D eigenvalue weighted by molar-refractivity contribution is 5.89. The van der Waals surface area contributed by atoms with E-state index in [1.54, 1.807) is 0 Å². The Bertz CT molecular complexity index is 558. The van der Waals surface area contributed by atoms with Crippen LogP contribution in [-0.2, 0) is 11.2 Å². The molecule has 1 saturated carbocycles. The Morgan fingerprint density at radius 3 is 2.21 bits per heavy atom. The van der Waals surface area contributed by atoms with Crippen molar-refractivity contribution >= 4 is 17.6 Å².